The molecule has 1 amide bonds. The predicted molar refractivity (Wildman–Crippen MR) is 134 cm³/mol. The van der Waals surface area contributed by atoms with Crippen molar-refractivity contribution in [2.45, 2.75) is 26.1 Å². The fourth-order valence-corrected chi connectivity index (χ4v) is 5.05. The number of ether oxygens (including phenoxy) is 1. The van der Waals surface area contributed by atoms with Crippen LogP contribution in [0, 0.1) is 0 Å². The molecule has 0 radical (unpaired) electrons. The van der Waals surface area contributed by atoms with E-state index in [0.717, 1.165) is 41.9 Å². The molecule has 0 bridgehead atoms. The lowest BCUT2D eigenvalue weighted by molar-refractivity contribution is -0.137. The minimum atomic E-state index is -4.39. The third-order valence-corrected chi connectivity index (χ3v) is 7.15. The lowest BCUT2D eigenvalue weighted by atomic mass is 10.1. The number of nitrogens with zero attached hydrogens (tertiary/aromatic N) is 4. The number of rotatable bonds is 4. The first-order valence-electron chi connectivity index (χ1n) is 12.4. The Morgan fingerprint density at radius 1 is 0.889 bits per heavy atom. The maximum absolute atomic E-state index is 13.3. The molecule has 2 aliphatic heterocycles. The Hall–Kier alpha value is -3.04. The lowest BCUT2D eigenvalue weighted by Crippen LogP contribution is -2.50. The number of fused-ring (bicyclic) bond motifs is 1. The highest BCUT2D eigenvalue weighted by Gasteiger charge is 2.30. The molecule has 0 spiro atoms. The van der Waals surface area contributed by atoms with Gasteiger partial charge in [-0.15, -0.1) is 0 Å². The van der Waals surface area contributed by atoms with Crippen LogP contribution in [0.5, 0.6) is 0 Å². The molecular formula is C27H31F3N4O2. The second kappa shape index (κ2) is 9.78. The summed E-state index contributed by atoms with van der Waals surface area (Å²) in [4.78, 5) is 19.7. The summed E-state index contributed by atoms with van der Waals surface area (Å²) in [5, 5.41) is 0.878. The number of hydrogen-bond acceptors (Lipinski definition) is 4. The Morgan fingerprint density at radius 3 is 2.17 bits per heavy atom. The Kier molecular flexibility index (Phi) is 6.70. The Labute approximate surface area is 208 Å². The number of aromatic nitrogens is 1. The molecule has 1 aromatic heterocycles. The molecule has 0 saturated carbocycles. The summed E-state index contributed by atoms with van der Waals surface area (Å²) in [6, 6.07) is 13.3. The Bertz CT molecular complexity index is 1220. The Morgan fingerprint density at radius 2 is 1.56 bits per heavy atom. The van der Waals surface area contributed by atoms with E-state index >= 15 is 0 Å². The zero-order valence-corrected chi connectivity index (χ0v) is 20.6. The second-order valence-electron chi connectivity index (χ2n) is 9.68. The number of amides is 1. The van der Waals surface area contributed by atoms with Crippen molar-refractivity contribution >= 4 is 22.6 Å². The molecule has 0 aliphatic carbocycles. The van der Waals surface area contributed by atoms with Gasteiger partial charge in [-0.1, -0.05) is 0 Å². The van der Waals surface area contributed by atoms with Crippen molar-refractivity contribution in [1.29, 1.82) is 0 Å². The van der Waals surface area contributed by atoms with Crippen molar-refractivity contribution in [3.63, 3.8) is 0 Å². The summed E-state index contributed by atoms with van der Waals surface area (Å²) in [7, 11) is 0. The summed E-state index contributed by atoms with van der Waals surface area (Å²) in [6.07, 6.45) is -4.39. The summed E-state index contributed by atoms with van der Waals surface area (Å²) in [5.74, 6) is 0.888. The van der Waals surface area contributed by atoms with E-state index in [1.165, 1.54) is 12.1 Å². The normalized spacial score (nSPS) is 17.8. The van der Waals surface area contributed by atoms with Gasteiger partial charge in [0.05, 0.1) is 24.3 Å². The van der Waals surface area contributed by atoms with Gasteiger partial charge in [-0.2, -0.15) is 13.2 Å². The molecular weight excluding hydrogens is 469 g/mol. The van der Waals surface area contributed by atoms with E-state index < -0.39 is 11.7 Å². The monoisotopic (exact) mass is 500 g/mol. The van der Waals surface area contributed by atoms with Crippen LogP contribution in [-0.2, 0) is 10.9 Å². The van der Waals surface area contributed by atoms with Crippen LogP contribution < -0.4 is 4.90 Å². The number of alkyl halides is 3. The first-order valence-corrected chi connectivity index (χ1v) is 12.4. The molecule has 2 aliphatic rings. The SMILES string of the molecule is CC(C)N1CCN(C(=O)c2ccc3c(c2)cc(N2CCOCC2)n3-c2ccc(C(F)(F)F)cc2)CC1. The molecule has 3 aromatic rings. The first-order chi connectivity index (χ1) is 17.2. The number of carbonyl (C=O) groups is 1. The number of benzene rings is 2. The largest absolute Gasteiger partial charge is 0.416 e. The molecule has 5 rings (SSSR count). The van der Waals surface area contributed by atoms with E-state index in [2.05, 4.69) is 23.6 Å². The smallest absolute Gasteiger partial charge is 0.378 e. The van der Waals surface area contributed by atoms with Crippen molar-refractivity contribution in [2.24, 2.45) is 0 Å². The van der Waals surface area contributed by atoms with Crippen LogP contribution in [0.1, 0.15) is 29.8 Å². The number of morpholine rings is 1. The van der Waals surface area contributed by atoms with Gasteiger partial charge in [0.2, 0.25) is 0 Å². The van der Waals surface area contributed by atoms with Gasteiger partial charge in [0, 0.05) is 61.9 Å². The van der Waals surface area contributed by atoms with Crippen molar-refractivity contribution in [3.05, 3.63) is 59.7 Å². The van der Waals surface area contributed by atoms with Crippen molar-refractivity contribution in [2.75, 3.05) is 57.4 Å². The zero-order chi connectivity index (χ0) is 25.4. The summed E-state index contributed by atoms with van der Waals surface area (Å²) in [6.45, 7) is 9.97. The molecule has 0 N–H and O–H groups in total. The van der Waals surface area contributed by atoms with Gasteiger partial charge in [-0.3, -0.25) is 14.3 Å². The van der Waals surface area contributed by atoms with E-state index in [9.17, 15) is 18.0 Å². The van der Waals surface area contributed by atoms with Crippen LogP contribution in [0.15, 0.2) is 48.5 Å². The van der Waals surface area contributed by atoms with E-state index in [0.29, 0.717) is 56.7 Å². The maximum atomic E-state index is 13.3. The van der Waals surface area contributed by atoms with Gasteiger partial charge in [0.1, 0.15) is 5.82 Å². The van der Waals surface area contributed by atoms with Crippen molar-refractivity contribution < 1.29 is 22.7 Å². The second-order valence-corrected chi connectivity index (χ2v) is 9.68. The van der Waals surface area contributed by atoms with Crippen molar-refractivity contribution in [1.82, 2.24) is 14.4 Å². The zero-order valence-electron chi connectivity index (χ0n) is 20.6. The average Bonchev–Trinajstić information content (AvgIpc) is 3.27. The van der Waals surface area contributed by atoms with Crippen LogP contribution in [-0.4, -0.2) is 78.8 Å². The quantitative estimate of drug-likeness (QED) is 0.523. The van der Waals surface area contributed by atoms with Gasteiger partial charge in [0.25, 0.3) is 5.91 Å². The fraction of sp³-hybridized carbons (Fsp3) is 0.444. The minimum Gasteiger partial charge on any atom is -0.378 e. The van der Waals surface area contributed by atoms with Gasteiger partial charge in [-0.05, 0) is 62.4 Å². The average molecular weight is 501 g/mol. The molecule has 36 heavy (non-hydrogen) atoms. The van der Waals surface area contributed by atoms with E-state index in [1.54, 1.807) is 0 Å². The molecule has 2 saturated heterocycles. The van der Waals surface area contributed by atoms with Gasteiger partial charge in [-0.25, -0.2) is 0 Å². The molecule has 9 heteroatoms. The third-order valence-electron chi connectivity index (χ3n) is 7.15. The topological polar surface area (TPSA) is 40.9 Å². The summed E-state index contributed by atoms with van der Waals surface area (Å²) >= 11 is 0. The summed E-state index contributed by atoms with van der Waals surface area (Å²) < 4.78 is 46.9. The Balaban J connectivity index is 1.50. The summed E-state index contributed by atoms with van der Waals surface area (Å²) in [5.41, 5.74) is 1.43. The molecule has 192 valence electrons. The van der Waals surface area contributed by atoms with Crippen LogP contribution in [0.4, 0.5) is 19.0 Å². The highest BCUT2D eigenvalue weighted by Crippen LogP contribution is 2.34. The van der Waals surface area contributed by atoms with Crippen LogP contribution in [0.3, 0.4) is 0 Å². The van der Waals surface area contributed by atoms with Crippen LogP contribution >= 0.6 is 0 Å². The number of piperazine rings is 1. The third kappa shape index (κ3) is 4.82. The highest BCUT2D eigenvalue weighted by molar-refractivity contribution is 5.99. The molecule has 0 unspecified atom stereocenters. The lowest BCUT2D eigenvalue weighted by Gasteiger charge is -2.37. The molecule has 2 aromatic carbocycles. The fourth-order valence-electron chi connectivity index (χ4n) is 5.05. The van der Waals surface area contributed by atoms with Crippen LogP contribution in [0.25, 0.3) is 16.6 Å². The molecule has 6 nitrogen and oxygen atoms in total. The van der Waals surface area contributed by atoms with Crippen LogP contribution in [0.2, 0.25) is 0 Å². The number of hydrogen-bond donors (Lipinski definition) is 0. The minimum absolute atomic E-state index is 0.00973. The van der Waals surface area contributed by atoms with Gasteiger partial charge < -0.3 is 14.5 Å². The number of anilines is 1. The highest BCUT2D eigenvalue weighted by atomic mass is 19.4. The molecule has 3 heterocycles. The first kappa shape index (κ1) is 24.6. The standard InChI is InChI=1S/C27H31F3N4O2/c1-19(2)31-9-11-33(12-10-31)26(35)20-3-8-24-21(17-20)18-25(32-13-15-36-16-14-32)34(24)23-6-4-22(5-7-23)27(28,29)30/h3-8,17-19H,9-16H2,1-2H3. The van der Waals surface area contributed by atoms with Gasteiger partial charge >= 0.3 is 6.18 Å². The van der Waals surface area contributed by atoms with Crippen molar-refractivity contribution in [3.8, 4) is 5.69 Å². The maximum Gasteiger partial charge on any atom is 0.416 e. The molecule has 2 fully saturated rings. The van der Waals surface area contributed by atoms with E-state index in [-0.39, 0.29) is 5.91 Å². The molecule has 0 atom stereocenters. The predicted octanol–water partition coefficient (Wildman–Crippen LogP) is 4.65. The number of carbonyl (C=O) groups excluding carboxylic acids is 1. The van der Waals surface area contributed by atoms with Gasteiger partial charge in [0.15, 0.2) is 0 Å². The van der Waals surface area contributed by atoms with E-state index in [4.69, 9.17) is 4.74 Å². The number of halogens is 3. The van der Waals surface area contributed by atoms with E-state index in [1.807, 2.05) is 33.7 Å².